The van der Waals surface area contributed by atoms with E-state index in [1.54, 1.807) is 0 Å². The van der Waals surface area contributed by atoms with Gasteiger partial charge in [0.1, 0.15) is 11.5 Å². The van der Waals surface area contributed by atoms with Crippen molar-refractivity contribution < 1.29 is 40.4 Å². The van der Waals surface area contributed by atoms with Crippen LogP contribution in [0.3, 0.4) is 0 Å². The van der Waals surface area contributed by atoms with Gasteiger partial charge in [-0.1, -0.05) is 179 Å². The molecule has 1 fully saturated rings. The molecule has 8 heteroatoms. The van der Waals surface area contributed by atoms with Gasteiger partial charge in [-0.05, 0) is 175 Å². The summed E-state index contributed by atoms with van der Waals surface area (Å²) in [5, 5.41) is 23.7. The molecule has 495 valence electrons. The molecule has 3 rings (SSSR count). The number of rotatable bonds is 48. The van der Waals surface area contributed by atoms with Crippen molar-refractivity contribution in [3.8, 4) is 11.5 Å². The van der Waals surface area contributed by atoms with E-state index in [1.165, 1.54) is 270 Å². The van der Waals surface area contributed by atoms with Crippen molar-refractivity contribution in [2.75, 3.05) is 78.5 Å². The molecule has 2 aromatic rings. The number of aromatic hydroxyl groups is 2. The zero-order valence-electron chi connectivity index (χ0n) is 59.5. The average molecular weight is 1230 g/mol. The summed E-state index contributed by atoms with van der Waals surface area (Å²) in [5.41, 5.74) is 6.35. The van der Waals surface area contributed by atoms with E-state index in [9.17, 15) is 10.2 Å². The van der Waals surface area contributed by atoms with Gasteiger partial charge in [0.2, 0.25) is 0 Å². The minimum atomic E-state index is -0.0203. The number of aliphatic imine (C=N–C) groups is 2. The van der Waals surface area contributed by atoms with E-state index in [0.717, 1.165) is 54.4 Å². The Bertz CT molecular complexity index is 1960. The molecule has 7 nitrogen and oxygen atoms in total. The largest absolute Gasteiger partial charge is 2.00 e. The van der Waals surface area contributed by atoms with Gasteiger partial charge in [0.05, 0.1) is 90.6 Å². The predicted molar refractivity (Wildman–Crippen MR) is 375 cm³/mol. The third-order valence-corrected chi connectivity index (χ3v) is 20.6. The van der Waals surface area contributed by atoms with Gasteiger partial charge in [0.25, 0.3) is 0 Å². The van der Waals surface area contributed by atoms with Gasteiger partial charge in [0.15, 0.2) is 0 Å². The first-order valence-electron chi connectivity index (χ1n) is 35.8. The van der Waals surface area contributed by atoms with Crippen molar-refractivity contribution in [1.82, 2.24) is 0 Å². The number of hydrogen-bond donors (Lipinski definition) is 2. The predicted octanol–water partition coefficient (Wildman–Crippen LogP) is 21.2. The number of phenols is 2. The van der Waals surface area contributed by atoms with Gasteiger partial charge in [-0.3, -0.25) is 9.98 Å². The van der Waals surface area contributed by atoms with E-state index >= 15 is 0 Å². The zero-order valence-corrected chi connectivity index (χ0v) is 60.5. The minimum absolute atomic E-state index is 0. The summed E-state index contributed by atoms with van der Waals surface area (Å²) in [6.45, 7) is 48.6. The van der Waals surface area contributed by atoms with Crippen LogP contribution in [0.15, 0.2) is 34.3 Å². The molecule has 1 aliphatic rings. The quantitative estimate of drug-likeness (QED) is 0.0394. The van der Waals surface area contributed by atoms with E-state index in [4.69, 9.17) is 9.98 Å². The van der Waals surface area contributed by atoms with Crippen LogP contribution in [0.25, 0.3) is 0 Å². The van der Waals surface area contributed by atoms with E-state index in [2.05, 4.69) is 121 Å². The summed E-state index contributed by atoms with van der Waals surface area (Å²) in [5.74, 6) is 0.723. The molecule has 2 aromatic carbocycles. The molecule has 0 spiro atoms. The number of benzene rings is 2. The smallest absolute Gasteiger partial charge is 0.507 e. The van der Waals surface area contributed by atoms with E-state index in [-0.39, 0.29) is 54.5 Å². The van der Waals surface area contributed by atoms with Crippen LogP contribution in [0.2, 0.25) is 0 Å². The topological polar surface area (TPSA) is 65.2 Å². The Labute approximate surface area is 541 Å². The molecule has 0 amide bonds. The molecule has 85 heavy (non-hydrogen) atoms. The Balaban J connectivity index is 0.0000235. The first-order chi connectivity index (χ1) is 39.5. The Kier molecular flexibility index (Phi) is 43.9. The second-order valence-electron chi connectivity index (χ2n) is 27.9. The molecule has 1 aliphatic carbocycles. The van der Waals surface area contributed by atoms with E-state index < -0.39 is 0 Å². The van der Waals surface area contributed by atoms with Gasteiger partial charge >= 0.3 is 16.8 Å². The van der Waals surface area contributed by atoms with E-state index in [1.807, 2.05) is 12.4 Å². The zero-order chi connectivity index (χ0) is 60.3. The van der Waals surface area contributed by atoms with Crippen molar-refractivity contribution in [3.05, 3.63) is 72.5 Å². The SMILES string of the molecule is CCCCC(C)(CCC[N+](CCCC)(CCCC)CCCC)c1cc(C)c(O)c(C=N[C@H]2CCCC[C@@H]2N=Cc2cc(C(C)(CCC[N+](CCCC)(CCCC)CCCC)CCC[N+](CCCC)(CCCC)CCCC)cc(C)c2O)c1.[CH3-].[CH3-].[Co+2]. The molecule has 0 heterocycles. The van der Waals surface area contributed by atoms with Crippen LogP contribution in [0.5, 0.6) is 11.5 Å². The van der Waals surface area contributed by atoms with E-state index in [0.29, 0.717) is 11.5 Å². The Morgan fingerprint density at radius 2 is 0.612 bits per heavy atom. The molecule has 1 saturated carbocycles. The third-order valence-electron chi connectivity index (χ3n) is 20.6. The summed E-state index contributed by atoms with van der Waals surface area (Å²) >= 11 is 0. The van der Waals surface area contributed by atoms with Crippen molar-refractivity contribution in [2.45, 2.75) is 319 Å². The van der Waals surface area contributed by atoms with Gasteiger partial charge < -0.3 is 38.5 Å². The molecule has 0 aliphatic heterocycles. The van der Waals surface area contributed by atoms with Crippen LogP contribution in [-0.4, -0.2) is 127 Å². The fourth-order valence-electron chi connectivity index (χ4n) is 14.6. The first kappa shape index (κ1) is 82.8. The van der Waals surface area contributed by atoms with Gasteiger partial charge in [-0.25, -0.2) is 0 Å². The van der Waals surface area contributed by atoms with Crippen molar-refractivity contribution in [1.29, 1.82) is 0 Å². The first-order valence-corrected chi connectivity index (χ1v) is 35.8. The van der Waals surface area contributed by atoms with Gasteiger partial charge in [-0.15, -0.1) is 0 Å². The molecule has 1 radical (unpaired) electrons. The van der Waals surface area contributed by atoms with Crippen molar-refractivity contribution in [2.24, 2.45) is 9.98 Å². The monoisotopic (exact) mass is 1230 g/mol. The Hall–Kier alpha value is -2.23. The summed E-state index contributed by atoms with van der Waals surface area (Å²) in [6.07, 6.45) is 42.2. The minimum Gasteiger partial charge on any atom is -0.507 e. The van der Waals surface area contributed by atoms with Crippen LogP contribution in [0.1, 0.15) is 316 Å². The van der Waals surface area contributed by atoms with Crippen LogP contribution < -0.4 is 0 Å². The van der Waals surface area contributed by atoms with Gasteiger partial charge in [-0.2, -0.15) is 0 Å². The van der Waals surface area contributed by atoms with Crippen molar-refractivity contribution in [3.63, 3.8) is 0 Å². The number of phenolic OH excluding ortho intramolecular Hbond substituents is 2. The summed E-state index contributed by atoms with van der Waals surface area (Å²) in [6, 6.07) is 9.32. The van der Waals surface area contributed by atoms with Crippen LogP contribution in [0.4, 0.5) is 0 Å². The Morgan fingerprint density at radius 3 is 0.847 bits per heavy atom. The normalized spacial score (nSPS) is 15.9. The fourth-order valence-corrected chi connectivity index (χ4v) is 14.6. The summed E-state index contributed by atoms with van der Waals surface area (Å²) in [7, 11) is 0. The molecule has 1 unspecified atom stereocenters. The van der Waals surface area contributed by atoms with Crippen molar-refractivity contribution >= 4 is 12.4 Å². The molecule has 0 saturated heterocycles. The number of nitrogens with zero attached hydrogens (tertiary/aromatic N) is 5. The molecule has 0 bridgehead atoms. The average Bonchev–Trinajstić information content (AvgIpc) is 2.67. The maximum atomic E-state index is 11.9. The molecular weight excluding hydrogens is 1090 g/mol. The maximum absolute atomic E-state index is 11.9. The summed E-state index contributed by atoms with van der Waals surface area (Å²) in [4.78, 5) is 10.8. The van der Waals surface area contributed by atoms with Gasteiger partial charge in [0, 0.05) is 23.6 Å². The second-order valence-corrected chi connectivity index (χ2v) is 27.9. The van der Waals surface area contributed by atoms with Crippen LogP contribution >= 0.6 is 0 Å². The molecular formula is C77H144CoN5O2+3. The number of aryl methyl sites for hydroxylation is 2. The number of hydrogen-bond acceptors (Lipinski definition) is 4. The second kappa shape index (κ2) is 45.1. The molecule has 2 N–H and O–H groups in total. The van der Waals surface area contributed by atoms with Crippen LogP contribution in [-0.2, 0) is 27.6 Å². The fraction of sp³-hybridized carbons (Fsp3) is 0.792. The molecule has 0 aromatic heterocycles. The third kappa shape index (κ3) is 27.8. The standard InChI is InChI=1S/C75H136N5O2.2CH3.Co/c1-15-25-42-74(13,43-37-55-78(46-26-16-2,47-27-17-3)48-28-18-4)68-58-64(11)72(81)66(60-68)62-76-70-40-35-36-41-71(70)77-63-67-61-69(59-65(12)73(67)82)75(14,44-38-56-79(49-29-19-5,50-30-20-6)51-31-21-7)45-39-57-80(52-32-22-8,53-33-23-9)54-34-24-10;;;/h58-63,70-71H,15-57H2,1-14H3;2*1H3;/q+1;2*-1;+2/p+2/t70-,71-,74?;;;/m0.../s1. The summed E-state index contributed by atoms with van der Waals surface area (Å²) < 4.78 is 3.86. The number of unbranched alkanes of at least 4 members (excludes halogenated alkanes) is 10. The Morgan fingerprint density at radius 1 is 0.388 bits per heavy atom. The maximum Gasteiger partial charge on any atom is 2.00 e. The number of quaternary nitrogens is 3. The molecule has 3 atom stereocenters. The van der Waals surface area contributed by atoms with Crippen LogP contribution in [0, 0.1) is 28.7 Å².